The number of nitrogens with zero attached hydrogens (tertiary/aromatic N) is 2. The third-order valence-electron chi connectivity index (χ3n) is 8.03. The molecule has 0 aromatic heterocycles. The summed E-state index contributed by atoms with van der Waals surface area (Å²) in [5.41, 5.74) is 2.65. The quantitative estimate of drug-likeness (QED) is 0.175. The SMILES string of the molecule is N=C(c1cccc(NC(=O)Nc2ccc(S(N)(=O)=O)cc2Cc2ccc(S(N)(=O)=O)cc2)c1)N1CCCC1CN1CCCC1. The van der Waals surface area contributed by atoms with E-state index in [2.05, 4.69) is 20.4 Å². The molecule has 7 N–H and O–H groups in total. The lowest BCUT2D eigenvalue weighted by atomic mass is 10.0. The maximum Gasteiger partial charge on any atom is 0.323 e. The van der Waals surface area contributed by atoms with Crippen molar-refractivity contribution in [3.8, 4) is 0 Å². The highest BCUT2D eigenvalue weighted by molar-refractivity contribution is 7.89. The van der Waals surface area contributed by atoms with Crippen LogP contribution in [0.4, 0.5) is 16.2 Å². The minimum Gasteiger partial charge on any atom is -0.352 e. The summed E-state index contributed by atoms with van der Waals surface area (Å²) in [4.78, 5) is 17.5. The van der Waals surface area contributed by atoms with E-state index in [0.717, 1.165) is 39.0 Å². The summed E-state index contributed by atoms with van der Waals surface area (Å²) >= 11 is 0. The first-order valence-electron chi connectivity index (χ1n) is 14.4. The molecule has 2 aliphatic rings. The average Bonchev–Trinajstić information content (AvgIpc) is 3.66. The summed E-state index contributed by atoms with van der Waals surface area (Å²) < 4.78 is 47.3. The number of likely N-dealkylation sites (tertiary alicyclic amines) is 2. The lowest BCUT2D eigenvalue weighted by Crippen LogP contribution is -2.42. The second kappa shape index (κ2) is 13.0. The van der Waals surface area contributed by atoms with Gasteiger partial charge in [0.25, 0.3) is 0 Å². The van der Waals surface area contributed by atoms with Gasteiger partial charge in [-0.15, -0.1) is 0 Å². The van der Waals surface area contributed by atoms with Crippen LogP contribution in [0.1, 0.15) is 42.4 Å². The van der Waals surface area contributed by atoms with E-state index in [1.54, 1.807) is 30.3 Å². The van der Waals surface area contributed by atoms with Gasteiger partial charge in [-0.3, -0.25) is 5.41 Å². The van der Waals surface area contributed by atoms with Crippen LogP contribution in [0.2, 0.25) is 0 Å². The minimum atomic E-state index is -4.02. The number of amides is 2. The van der Waals surface area contributed by atoms with Gasteiger partial charge < -0.3 is 20.4 Å². The van der Waals surface area contributed by atoms with Crippen molar-refractivity contribution in [1.29, 1.82) is 5.41 Å². The third-order valence-corrected chi connectivity index (χ3v) is 9.87. The molecule has 2 amide bonds. The monoisotopic (exact) mass is 639 g/mol. The number of nitrogens with two attached hydrogens (primary N) is 2. The second-order valence-corrected chi connectivity index (χ2v) is 14.4. The molecular weight excluding hydrogens is 603 g/mol. The zero-order chi connectivity index (χ0) is 31.5. The number of urea groups is 1. The highest BCUT2D eigenvalue weighted by Gasteiger charge is 2.29. The highest BCUT2D eigenvalue weighted by Crippen LogP contribution is 2.26. The van der Waals surface area contributed by atoms with Crippen LogP contribution < -0.4 is 20.9 Å². The Bertz CT molecular complexity index is 1760. The van der Waals surface area contributed by atoms with Crippen molar-refractivity contribution >= 4 is 43.3 Å². The van der Waals surface area contributed by atoms with Crippen molar-refractivity contribution < 1.29 is 21.6 Å². The van der Waals surface area contributed by atoms with Gasteiger partial charge in [0, 0.05) is 36.1 Å². The van der Waals surface area contributed by atoms with Gasteiger partial charge in [0.1, 0.15) is 5.84 Å². The first-order chi connectivity index (χ1) is 20.9. The van der Waals surface area contributed by atoms with Crippen LogP contribution in [0.5, 0.6) is 0 Å². The number of carbonyl (C=O) groups is 1. The molecule has 12 nitrogen and oxygen atoms in total. The molecule has 44 heavy (non-hydrogen) atoms. The van der Waals surface area contributed by atoms with Crippen LogP contribution in [0, 0.1) is 5.41 Å². The van der Waals surface area contributed by atoms with Crippen LogP contribution in [-0.4, -0.2) is 70.7 Å². The van der Waals surface area contributed by atoms with Gasteiger partial charge in [-0.1, -0.05) is 24.3 Å². The molecule has 234 valence electrons. The number of amidine groups is 1. The van der Waals surface area contributed by atoms with Gasteiger partial charge in [0.2, 0.25) is 20.0 Å². The lowest BCUT2D eigenvalue weighted by Gasteiger charge is -2.30. The number of benzene rings is 3. The fraction of sp³-hybridized carbons (Fsp3) is 0.333. The van der Waals surface area contributed by atoms with E-state index >= 15 is 0 Å². The van der Waals surface area contributed by atoms with Gasteiger partial charge in [-0.05, 0) is 98.8 Å². The lowest BCUT2D eigenvalue weighted by molar-refractivity contribution is 0.252. The molecule has 0 saturated carbocycles. The summed E-state index contributed by atoms with van der Waals surface area (Å²) in [6.07, 6.45) is 4.73. The minimum absolute atomic E-state index is 0.0561. The third kappa shape index (κ3) is 7.81. The Morgan fingerprint density at radius 1 is 0.841 bits per heavy atom. The Morgan fingerprint density at radius 3 is 2.20 bits per heavy atom. The smallest absolute Gasteiger partial charge is 0.323 e. The molecule has 3 aromatic carbocycles. The first-order valence-corrected chi connectivity index (χ1v) is 17.5. The Labute approximate surface area is 258 Å². The number of sulfonamides is 2. The van der Waals surface area contributed by atoms with Crippen molar-refractivity contribution in [3.05, 3.63) is 83.4 Å². The standard InChI is InChI=1S/C30H37N7O5S2/c31-29(37-16-4-7-25(37)20-36-14-1-2-15-36)22-5-3-6-24(18-22)34-30(38)35-28-13-12-27(44(33,41)42)19-23(28)17-21-8-10-26(11-9-21)43(32,39)40/h3,5-6,8-13,18-19,25,31H,1-2,4,7,14-17,20H2,(H2,32,39,40)(H2,33,41,42)(H2,34,35,38). The van der Waals surface area contributed by atoms with Crippen molar-refractivity contribution in [3.63, 3.8) is 0 Å². The molecule has 3 aromatic rings. The average molecular weight is 640 g/mol. The Hall–Kier alpha value is -3.82. The number of rotatable bonds is 9. The Morgan fingerprint density at radius 2 is 1.52 bits per heavy atom. The Balaban J connectivity index is 1.30. The van der Waals surface area contributed by atoms with Gasteiger partial charge in [0.05, 0.1) is 9.79 Å². The van der Waals surface area contributed by atoms with Crippen molar-refractivity contribution in [2.75, 3.05) is 36.8 Å². The van der Waals surface area contributed by atoms with Crippen molar-refractivity contribution in [2.24, 2.45) is 10.3 Å². The summed E-state index contributed by atoms with van der Waals surface area (Å²) in [5.74, 6) is 0.435. The molecule has 0 aliphatic carbocycles. The van der Waals surface area contributed by atoms with Crippen LogP contribution >= 0.6 is 0 Å². The number of hydrogen-bond donors (Lipinski definition) is 5. The maximum atomic E-state index is 13.1. The molecule has 1 atom stereocenters. The van der Waals surface area contributed by atoms with Gasteiger partial charge in [-0.2, -0.15) is 0 Å². The van der Waals surface area contributed by atoms with Gasteiger partial charge >= 0.3 is 6.03 Å². The normalized spacial score (nSPS) is 17.5. The number of anilines is 2. The van der Waals surface area contributed by atoms with Crippen LogP contribution in [-0.2, 0) is 26.5 Å². The van der Waals surface area contributed by atoms with E-state index in [1.165, 1.54) is 43.2 Å². The maximum absolute atomic E-state index is 13.1. The summed E-state index contributed by atoms with van der Waals surface area (Å²) in [6.45, 7) is 4.02. The highest BCUT2D eigenvalue weighted by atomic mass is 32.2. The number of hydrogen-bond acceptors (Lipinski definition) is 7. The summed E-state index contributed by atoms with van der Waals surface area (Å²) in [5, 5.41) is 25.0. The molecular formula is C30H37N7O5S2. The van der Waals surface area contributed by atoms with Gasteiger partial charge in [-0.25, -0.2) is 31.9 Å². The summed E-state index contributed by atoms with van der Waals surface area (Å²) in [6, 6.07) is 16.9. The fourth-order valence-corrected chi connectivity index (χ4v) is 6.89. The van der Waals surface area contributed by atoms with E-state index < -0.39 is 26.1 Å². The first kappa shape index (κ1) is 31.6. The molecule has 2 aliphatic heterocycles. The Kier molecular flexibility index (Phi) is 9.37. The molecule has 2 heterocycles. The van der Waals surface area contributed by atoms with Gasteiger partial charge in [0.15, 0.2) is 0 Å². The van der Waals surface area contributed by atoms with E-state index in [0.29, 0.717) is 39.9 Å². The topological polar surface area (TPSA) is 192 Å². The zero-order valence-electron chi connectivity index (χ0n) is 24.2. The van der Waals surface area contributed by atoms with Crippen molar-refractivity contribution in [1.82, 2.24) is 9.80 Å². The number of carbonyl (C=O) groups excluding carboxylic acids is 1. The fourth-order valence-electron chi connectivity index (χ4n) is 5.81. The van der Waals surface area contributed by atoms with Crippen LogP contribution in [0.15, 0.2) is 76.5 Å². The molecule has 0 bridgehead atoms. The molecule has 5 rings (SSSR count). The molecule has 0 spiro atoms. The molecule has 2 fully saturated rings. The van der Waals surface area contributed by atoms with E-state index in [-0.39, 0.29) is 16.2 Å². The largest absolute Gasteiger partial charge is 0.352 e. The predicted molar refractivity (Wildman–Crippen MR) is 170 cm³/mol. The second-order valence-electron chi connectivity index (χ2n) is 11.2. The predicted octanol–water partition coefficient (Wildman–Crippen LogP) is 3.10. The van der Waals surface area contributed by atoms with E-state index in [1.807, 2.05) is 6.07 Å². The van der Waals surface area contributed by atoms with Crippen LogP contribution in [0.25, 0.3) is 0 Å². The number of primary sulfonamides is 2. The molecule has 14 heteroatoms. The molecule has 0 radical (unpaired) electrons. The molecule has 2 saturated heterocycles. The van der Waals surface area contributed by atoms with E-state index in [9.17, 15) is 21.6 Å². The summed E-state index contributed by atoms with van der Waals surface area (Å²) in [7, 11) is -7.89. The zero-order valence-corrected chi connectivity index (χ0v) is 25.8. The number of nitrogens with one attached hydrogen (secondary N) is 3. The van der Waals surface area contributed by atoms with E-state index in [4.69, 9.17) is 15.7 Å². The van der Waals surface area contributed by atoms with Crippen molar-refractivity contribution in [2.45, 2.75) is 47.9 Å². The molecule has 1 unspecified atom stereocenters. The van der Waals surface area contributed by atoms with Crippen LogP contribution in [0.3, 0.4) is 0 Å².